The van der Waals surface area contributed by atoms with E-state index in [1.54, 1.807) is 0 Å². The maximum atomic E-state index is 10.7. The minimum absolute atomic E-state index is 1.36. The van der Waals surface area contributed by atoms with Gasteiger partial charge in [-0.15, -0.1) is 0 Å². The quantitative estimate of drug-likeness (QED) is 0.227. The first-order valence-electron chi connectivity index (χ1n) is 6.83. The Bertz CT molecular complexity index is 603. The van der Waals surface area contributed by atoms with E-state index in [1.165, 1.54) is 48.2 Å². The fourth-order valence-electron chi connectivity index (χ4n) is 2.12. The molecule has 8 nitrogen and oxygen atoms in total. The molecule has 2 bridgehead atoms. The van der Waals surface area contributed by atoms with Crippen LogP contribution in [0.3, 0.4) is 0 Å². The first kappa shape index (κ1) is 25.3. The van der Waals surface area contributed by atoms with Crippen LogP contribution in [0.4, 0.5) is 26.3 Å². The van der Waals surface area contributed by atoms with Gasteiger partial charge >= 0.3 is 11.0 Å². The van der Waals surface area contributed by atoms with Gasteiger partial charge in [0.15, 0.2) is 20.2 Å². The second kappa shape index (κ2) is 7.75. The number of hydrogen-bond donors (Lipinski definition) is 0. The summed E-state index contributed by atoms with van der Waals surface area (Å²) in [4.78, 5) is 0. The predicted molar refractivity (Wildman–Crippen MR) is 73.1 cm³/mol. The highest BCUT2D eigenvalue weighted by Gasteiger charge is 2.43. The van der Waals surface area contributed by atoms with E-state index in [4.69, 9.17) is 25.9 Å². The van der Waals surface area contributed by atoms with E-state index in [0.29, 0.717) is 0 Å². The van der Waals surface area contributed by atoms with E-state index < -0.39 is 31.3 Å². The summed E-state index contributed by atoms with van der Waals surface area (Å²) in [5.41, 5.74) is -11.3. The molecule has 3 aliphatic rings. The van der Waals surface area contributed by atoms with Gasteiger partial charge in [-0.05, 0) is 0 Å². The molecule has 0 aliphatic carbocycles. The number of rotatable bonds is 0. The average Bonchev–Trinajstić information content (AvgIpc) is 2.38. The summed E-state index contributed by atoms with van der Waals surface area (Å²) in [5, 5.41) is 0. The minimum atomic E-state index is -6.09. The molecule has 3 aliphatic heterocycles. The topological polar surface area (TPSA) is 114 Å². The van der Waals surface area contributed by atoms with E-state index >= 15 is 0 Å². The predicted octanol–water partition coefficient (Wildman–Crippen LogP) is 0.00960. The maximum absolute atomic E-state index is 10.7. The first-order valence-corrected chi connectivity index (χ1v) is 9.65. The standard InChI is InChI=1S/C8H18N2.2CHF3O3S/c1-9-3-6-10(2,7-4-9)8-5-9;2*2-1(3,4)8(5,6)7/h3-8H2,1-2H3;2*(H,5,6,7)/q+2;;/p-2. The van der Waals surface area contributed by atoms with Gasteiger partial charge < -0.3 is 18.1 Å². The second-order valence-corrected chi connectivity index (χ2v) is 9.12. The van der Waals surface area contributed by atoms with E-state index in [-0.39, 0.29) is 0 Å². The van der Waals surface area contributed by atoms with Crippen LogP contribution < -0.4 is 0 Å². The lowest BCUT2D eigenvalue weighted by Crippen LogP contribution is -2.72. The van der Waals surface area contributed by atoms with Gasteiger partial charge in [0.2, 0.25) is 0 Å². The number of hydrogen-bond acceptors (Lipinski definition) is 6. The smallest absolute Gasteiger partial charge is 0.485 e. The number of quaternary nitrogens is 2. The van der Waals surface area contributed by atoms with Crippen molar-refractivity contribution >= 4 is 20.2 Å². The monoisotopic (exact) mass is 440 g/mol. The number of alkyl halides is 6. The van der Waals surface area contributed by atoms with Crippen molar-refractivity contribution in [1.29, 1.82) is 0 Å². The summed E-state index contributed by atoms with van der Waals surface area (Å²) in [6.07, 6.45) is 0. The van der Waals surface area contributed by atoms with Gasteiger partial charge in [-0.2, -0.15) is 26.3 Å². The molecule has 0 spiro atoms. The van der Waals surface area contributed by atoms with Crippen LogP contribution >= 0.6 is 0 Å². The van der Waals surface area contributed by atoms with E-state index in [2.05, 4.69) is 14.1 Å². The molecule has 0 amide bonds. The number of nitrogens with zero attached hydrogens (tertiary/aromatic N) is 2. The molecule has 26 heavy (non-hydrogen) atoms. The number of piperazine rings is 3. The molecular formula is C10H18F6N2O6S2. The fourth-order valence-corrected chi connectivity index (χ4v) is 2.12. The van der Waals surface area contributed by atoms with Crippen molar-refractivity contribution in [1.82, 2.24) is 0 Å². The Kier molecular flexibility index (Phi) is 7.54. The summed E-state index contributed by atoms with van der Waals surface area (Å²) < 4.78 is 121. The van der Waals surface area contributed by atoms with Crippen molar-refractivity contribution in [2.75, 3.05) is 53.4 Å². The highest BCUT2D eigenvalue weighted by Crippen LogP contribution is 2.22. The SMILES string of the molecule is C[N+]12CC[N+](C)(CC1)CC2.O=S(=O)([O-])C(F)(F)F.O=S(=O)([O-])C(F)(F)F. The molecule has 16 heteroatoms. The Hall–Kier alpha value is -0.680. The minimum Gasteiger partial charge on any atom is -0.741 e. The van der Waals surface area contributed by atoms with Gasteiger partial charge in [0.1, 0.15) is 39.3 Å². The van der Waals surface area contributed by atoms with Crippen molar-refractivity contribution in [2.45, 2.75) is 11.0 Å². The largest absolute Gasteiger partial charge is 0.741 e. The van der Waals surface area contributed by atoms with Crippen LogP contribution in [0.5, 0.6) is 0 Å². The third kappa shape index (κ3) is 7.91. The molecule has 0 aromatic heterocycles. The third-order valence-electron chi connectivity index (χ3n) is 4.11. The molecule has 3 rings (SSSR count). The summed E-state index contributed by atoms with van der Waals surface area (Å²) in [5.74, 6) is 0. The molecule has 158 valence electrons. The van der Waals surface area contributed by atoms with Gasteiger partial charge in [-0.25, -0.2) is 16.8 Å². The van der Waals surface area contributed by atoms with Gasteiger partial charge in [-0.3, -0.25) is 0 Å². The zero-order valence-corrected chi connectivity index (χ0v) is 15.3. The lowest BCUT2D eigenvalue weighted by Gasteiger charge is -2.52. The molecule has 3 heterocycles. The van der Waals surface area contributed by atoms with Gasteiger partial charge in [0, 0.05) is 0 Å². The van der Waals surface area contributed by atoms with E-state index in [9.17, 15) is 26.3 Å². The molecule has 0 saturated carbocycles. The van der Waals surface area contributed by atoms with Crippen molar-refractivity contribution in [3.8, 4) is 0 Å². The van der Waals surface area contributed by atoms with Crippen molar-refractivity contribution in [3.05, 3.63) is 0 Å². The van der Waals surface area contributed by atoms with Crippen LogP contribution in [0.1, 0.15) is 0 Å². The zero-order valence-electron chi connectivity index (χ0n) is 13.7. The Morgan fingerprint density at radius 3 is 0.808 bits per heavy atom. The Morgan fingerprint density at radius 1 is 0.615 bits per heavy atom. The number of fused-ring (bicyclic) bond motifs is 3. The summed E-state index contributed by atoms with van der Waals surface area (Å²) in [7, 11) is -7.37. The third-order valence-corrected chi connectivity index (χ3v) is 5.24. The summed E-state index contributed by atoms with van der Waals surface area (Å²) in [6.45, 7) is 8.48. The molecule has 0 aromatic rings. The lowest BCUT2D eigenvalue weighted by molar-refractivity contribution is -1.06. The van der Waals surface area contributed by atoms with Crippen LogP contribution in [0.2, 0.25) is 0 Å². The van der Waals surface area contributed by atoms with Crippen molar-refractivity contribution in [2.24, 2.45) is 0 Å². The van der Waals surface area contributed by atoms with Gasteiger partial charge in [0.25, 0.3) is 0 Å². The lowest BCUT2D eigenvalue weighted by atomic mass is 10.1. The highest BCUT2D eigenvalue weighted by atomic mass is 32.2. The number of halogens is 6. The second-order valence-electron chi connectivity index (χ2n) is 6.38. The summed E-state index contributed by atoms with van der Waals surface area (Å²) >= 11 is 0. The Labute approximate surface area is 146 Å². The average molecular weight is 440 g/mol. The maximum Gasteiger partial charge on any atom is 0.485 e. The zero-order chi connectivity index (χ0) is 21.2. The first-order chi connectivity index (χ1) is 11.1. The Balaban J connectivity index is 0.000000366. The highest BCUT2D eigenvalue weighted by molar-refractivity contribution is 7.86. The van der Waals surface area contributed by atoms with E-state index in [0.717, 1.165) is 0 Å². The summed E-state index contributed by atoms with van der Waals surface area (Å²) in [6, 6.07) is 0. The Morgan fingerprint density at radius 2 is 0.731 bits per heavy atom. The van der Waals surface area contributed by atoms with Crippen LogP contribution in [0.15, 0.2) is 0 Å². The molecule has 0 atom stereocenters. The number of likely N-dealkylation sites (N-methyl/N-ethyl adjacent to an activating group) is 2. The molecule has 3 saturated heterocycles. The van der Waals surface area contributed by atoms with Crippen LogP contribution in [0.25, 0.3) is 0 Å². The van der Waals surface area contributed by atoms with Crippen LogP contribution in [-0.2, 0) is 20.2 Å². The fraction of sp³-hybridized carbons (Fsp3) is 1.00. The molecule has 3 fully saturated rings. The molecule has 0 radical (unpaired) electrons. The van der Waals surface area contributed by atoms with Crippen molar-refractivity contribution in [3.63, 3.8) is 0 Å². The van der Waals surface area contributed by atoms with E-state index in [1.807, 2.05) is 0 Å². The van der Waals surface area contributed by atoms with Crippen molar-refractivity contribution < 1.29 is 61.2 Å². The normalized spacial score (nSPS) is 29.2. The van der Waals surface area contributed by atoms with Gasteiger partial charge in [-0.1, -0.05) is 0 Å². The van der Waals surface area contributed by atoms with Gasteiger partial charge in [0.05, 0.1) is 14.1 Å². The van der Waals surface area contributed by atoms with Crippen LogP contribution in [0, 0.1) is 0 Å². The molecule has 0 aromatic carbocycles. The molecule has 0 N–H and O–H groups in total. The molecule has 0 unspecified atom stereocenters. The molecular weight excluding hydrogens is 422 g/mol. The van der Waals surface area contributed by atoms with Crippen LogP contribution in [-0.4, -0.2) is 99.3 Å².